The maximum Gasteiger partial charge on any atom is 0.337 e. The monoisotopic (exact) mass is 317 g/mol. The van der Waals surface area contributed by atoms with Crippen LogP contribution in [0.25, 0.3) is 11.3 Å². The van der Waals surface area contributed by atoms with Crippen LogP contribution in [-0.4, -0.2) is 21.0 Å². The number of nitrogens with zero attached hydrogens (tertiary/aromatic N) is 1. The van der Waals surface area contributed by atoms with Crippen LogP contribution in [0.15, 0.2) is 12.3 Å². The SMILES string of the molecule is NC(c1[nH]c2c(c1C(=O)O)CCc1cnc(Cl)cc1-2)C1CC1. The zero-order chi connectivity index (χ0) is 15.4. The van der Waals surface area contributed by atoms with Gasteiger partial charge in [-0.1, -0.05) is 11.6 Å². The zero-order valence-corrected chi connectivity index (χ0v) is 12.7. The normalized spacial score (nSPS) is 17.7. The van der Waals surface area contributed by atoms with Crippen molar-refractivity contribution in [1.29, 1.82) is 0 Å². The molecule has 1 atom stereocenters. The molecule has 4 N–H and O–H groups in total. The van der Waals surface area contributed by atoms with E-state index in [0.717, 1.165) is 41.6 Å². The zero-order valence-electron chi connectivity index (χ0n) is 11.9. The number of aromatic nitrogens is 2. The van der Waals surface area contributed by atoms with Gasteiger partial charge in [-0.2, -0.15) is 0 Å². The Morgan fingerprint density at radius 1 is 1.45 bits per heavy atom. The highest BCUT2D eigenvalue weighted by atomic mass is 35.5. The average molecular weight is 318 g/mol. The van der Waals surface area contributed by atoms with Crippen molar-refractivity contribution in [2.75, 3.05) is 0 Å². The molecule has 0 spiro atoms. The first-order valence-electron chi connectivity index (χ1n) is 7.44. The predicted octanol–water partition coefficient (Wildman–Crippen LogP) is 2.94. The van der Waals surface area contributed by atoms with E-state index in [1.54, 1.807) is 12.3 Å². The van der Waals surface area contributed by atoms with Crippen LogP contribution in [0.2, 0.25) is 5.15 Å². The number of carboxylic acid groups (broad SMARTS) is 1. The third-order valence-electron chi connectivity index (χ3n) is 4.68. The number of aryl methyl sites for hydroxylation is 1. The van der Waals surface area contributed by atoms with Gasteiger partial charge < -0.3 is 15.8 Å². The lowest BCUT2D eigenvalue weighted by molar-refractivity contribution is 0.0694. The Kier molecular flexibility index (Phi) is 3.03. The molecule has 0 amide bonds. The summed E-state index contributed by atoms with van der Waals surface area (Å²) in [5.41, 5.74) is 11.0. The van der Waals surface area contributed by atoms with E-state index >= 15 is 0 Å². The Balaban J connectivity index is 1.92. The van der Waals surface area contributed by atoms with Crippen molar-refractivity contribution in [3.05, 3.63) is 39.8 Å². The minimum atomic E-state index is -0.910. The quantitative estimate of drug-likeness (QED) is 0.759. The predicted molar refractivity (Wildman–Crippen MR) is 83.1 cm³/mol. The van der Waals surface area contributed by atoms with Gasteiger partial charge in [0.05, 0.1) is 11.3 Å². The molecule has 0 saturated heterocycles. The number of carbonyl (C=O) groups is 1. The molecule has 6 heteroatoms. The molecule has 22 heavy (non-hydrogen) atoms. The maximum atomic E-state index is 11.8. The van der Waals surface area contributed by atoms with Crippen LogP contribution in [0.4, 0.5) is 0 Å². The fraction of sp³-hybridized carbons (Fsp3) is 0.375. The topological polar surface area (TPSA) is 92.0 Å². The van der Waals surface area contributed by atoms with Crippen molar-refractivity contribution in [2.24, 2.45) is 11.7 Å². The summed E-state index contributed by atoms with van der Waals surface area (Å²) in [5, 5.41) is 10.1. The molecule has 1 fully saturated rings. The standard InChI is InChI=1S/C16H16ClN3O2/c17-11-5-10-8(6-19-11)3-4-9-12(16(21)22)15(20-14(9)10)13(18)7-1-2-7/h5-7,13,20H,1-4,18H2,(H,21,22). The van der Waals surface area contributed by atoms with Crippen LogP contribution in [0.1, 0.15) is 46.1 Å². The van der Waals surface area contributed by atoms with Gasteiger partial charge in [0.15, 0.2) is 0 Å². The average Bonchev–Trinajstić information content (AvgIpc) is 3.25. The van der Waals surface area contributed by atoms with Crippen molar-refractivity contribution in [3.8, 4) is 11.3 Å². The summed E-state index contributed by atoms with van der Waals surface area (Å²) < 4.78 is 0. The second-order valence-electron chi connectivity index (χ2n) is 6.10. The Bertz CT molecular complexity index is 780. The van der Waals surface area contributed by atoms with Crippen LogP contribution in [0.5, 0.6) is 0 Å². The van der Waals surface area contributed by atoms with E-state index < -0.39 is 5.97 Å². The van der Waals surface area contributed by atoms with Gasteiger partial charge in [-0.05, 0) is 48.8 Å². The van der Waals surface area contributed by atoms with Gasteiger partial charge in [0.25, 0.3) is 0 Å². The lowest BCUT2D eigenvalue weighted by Crippen LogP contribution is -2.17. The smallest absolute Gasteiger partial charge is 0.337 e. The number of carboxylic acids is 1. The van der Waals surface area contributed by atoms with E-state index in [1.807, 2.05) is 0 Å². The highest BCUT2D eigenvalue weighted by Gasteiger charge is 2.36. The molecule has 2 heterocycles. The molecule has 4 rings (SSSR count). The molecule has 0 aromatic carbocycles. The van der Waals surface area contributed by atoms with Crippen molar-refractivity contribution < 1.29 is 9.90 Å². The molecule has 0 aliphatic heterocycles. The van der Waals surface area contributed by atoms with Crippen molar-refractivity contribution in [1.82, 2.24) is 9.97 Å². The molecule has 2 aliphatic rings. The molecule has 1 unspecified atom stereocenters. The van der Waals surface area contributed by atoms with Gasteiger partial charge in [0, 0.05) is 23.5 Å². The second kappa shape index (κ2) is 4.83. The van der Waals surface area contributed by atoms with E-state index in [0.29, 0.717) is 28.7 Å². The number of aromatic amines is 1. The van der Waals surface area contributed by atoms with E-state index in [1.165, 1.54) is 0 Å². The third-order valence-corrected chi connectivity index (χ3v) is 4.88. The lowest BCUT2D eigenvalue weighted by Gasteiger charge is -2.16. The van der Waals surface area contributed by atoms with E-state index in [-0.39, 0.29) is 6.04 Å². The first-order valence-corrected chi connectivity index (χ1v) is 7.82. The summed E-state index contributed by atoms with van der Waals surface area (Å²) in [6, 6.07) is 1.56. The minimum absolute atomic E-state index is 0.238. The van der Waals surface area contributed by atoms with Gasteiger partial charge in [-0.25, -0.2) is 9.78 Å². The number of hydrogen-bond donors (Lipinski definition) is 3. The summed E-state index contributed by atoms with van der Waals surface area (Å²) in [4.78, 5) is 19.2. The van der Waals surface area contributed by atoms with E-state index in [4.69, 9.17) is 17.3 Å². The number of nitrogens with one attached hydrogen (secondary N) is 1. The number of fused-ring (bicyclic) bond motifs is 3. The summed E-state index contributed by atoms with van der Waals surface area (Å²) in [6.07, 6.45) is 5.35. The van der Waals surface area contributed by atoms with Gasteiger partial charge in [0.2, 0.25) is 0 Å². The number of halogens is 1. The van der Waals surface area contributed by atoms with Crippen molar-refractivity contribution in [3.63, 3.8) is 0 Å². The maximum absolute atomic E-state index is 11.8. The Morgan fingerprint density at radius 2 is 2.23 bits per heavy atom. The largest absolute Gasteiger partial charge is 0.478 e. The van der Waals surface area contributed by atoms with Gasteiger partial charge >= 0.3 is 5.97 Å². The number of nitrogens with two attached hydrogens (primary N) is 1. The highest BCUT2D eigenvalue weighted by molar-refractivity contribution is 6.29. The lowest BCUT2D eigenvalue weighted by atomic mass is 9.89. The van der Waals surface area contributed by atoms with Gasteiger partial charge in [-0.15, -0.1) is 0 Å². The molecular formula is C16H16ClN3O2. The molecule has 114 valence electrons. The number of aromatic carboxylic acids is 1. The molecular weight excluding hydrogens is 302 g/mol. The van der Waals surface area contributed by atoms with Gasteiger partial charge in [-0.3, -0.25) is 0 Å². The van der Waals surface area contributed by atoms with Crippen molar-refractivity contribution in [2.45, 2.75) is 31.7 Å². The number of hydrogen-bond acceptors (Lipinski definition) is 3. The van der Waals surface area contributed by atoms with E-state index in [2.05, 4.69) is 9.97 Å². The molecule has 2 aromatic rings. The van der Waals surface area contributed by atoms with E-state index in [9.17, 15) is 9.90 Å². The minimum Gasteiger partial charge on any atom is -0.478 e. The van der Waals surface area contributed by atoms with Crippen LogP contribution in [0, 0.1) is 5.92 Å². The molecule has 0 radical (unpaired) electrons. The molecule has 2 aliphatic carbocycles. The number of rotatable bonds is 3. The fourth-order valence-corrected chi connectivity index (χ4v) is 3.53. The fourth-order valence-electron chi connectivity index (χ4n) is 3.38. The Hall–Kier alpha value is -1.85. The summed E-state index contributed by atoms with van der Waals surface area (Å²) >= 11 is 6.01. The molecule has 2 aromatic heterocycles. The summed E-state index contributed by atoms with van der Waals surface area (Å²) in [5.74, 6) is -0.522. The molecule has 0 bridgehead atoms. The molecule has 1 saturated carbocycles. The summed E-state index contributed by atoms with van der Waals surface area (Å²) in [7, 11) is 0. The first kappa shape index (κ1) is 13.8. The van der Waals surface area contributed by atoms with Crippen LogP contribution in [-0.2, 0) is 12.8 Å². The second-order valence-corrected chi connectivity index (χ2v) is 6.49. The Morgan fingerprint density at radius 3 is 2.91 bits per heavy atom. The number of H-pyrrole nitrogens is 1. The third kappa shape index (κ3) is 2.04. The van der Waals surface area contributed by atoms with Crippen LogP contribution < -0.4 is 5.73 Å². The van der Waals surface area contributed by atoms with Gasteiger partial charge in [0.1, 0.15) is 5.15 Å². The van der Waals surface area contributed by atoms with Crippen LogP contribution in [0.3, 0.4) is 0 Å². The Labute approximate surface area is 132 Å². The van der Waals surface area contributed by atoms with Crippen LogP contribution >= 0.6 is 11.6 Å². The highest BCUT2D eigenvalue weighted by Crippen LogP contribution is 2.44. The van der Waals surface area contributed by atoms with Crippen molar-refractivity contribution >= 4 is 17.6 Å². The first-order chi connectivity index (χ1) is 10.6. The molecule has 5 nitrogen and oxygen atoms in total. The summed E-state index contributed by atoms with van der Waals surface area (Å²) in [6.45, 7) is 0. The number of pyridine rings is 1.